The normalized spacial score (nSPS) is 13.5. The average Bonchev–Trinajstić information content (AvgIpc) is 2.71. The summed E-state index contributed by atoms with van der Waals surface area (Å²) >= 11 is 5.93. The fourth-order valence-corrected chi connectivity index (χ4v) is 1.93. The van der Waals surface area contributed by atoms with Gasteiger partial charge < -0.3 is 10.1 Å². The summed E-state index contributed by atoms with van der Waals surface area (Å²) in [6, 6.07) is 5.73. The van der Waals surface area contributed by atoms with Gasteiger partial charge in [0.15, 0.2) is 0 Å². The first kappa shape index (κ1) is 12.4. The Hall–Kier alpha value is -1.10. The highest BCUT2D eigenvalue weighted by atomic mass is 35.5. The summed E-state index contributed by atoms with van der Waals surface area (Å²) in [6.45, 7) is 2.82. The van der Waals surface area contributed by atoms with Gasteiger partial charge in [0.25, 0.3) is 0 Å². The number of aliphatic hydroxyl groups is 1. The summed E-state index contributed by atoms with van der Waals surface area (Å²) in [5.41, 5.74) is 1.85. The minimum absolute atomic E-state index is 0.133. The van der Waals surface area contributed by atoms with Crippen LogP contribution >= 0.6 is 11.6 Å². The molecule has 0 aliphatic carbocycles. The van der Waals surface area contributed by atoms with Gasteiger partial charge >= 0.3 is 0 Å². The molecule has 2 N–H and O–H groups in total. The summed E-state index contributed by atoms with van der Waals surface area (Å²) < 4.78 is 0. The lowest BCUT2D eigenvalue weighted by atomic mass is 10.3. The molecule has 0 spiro atoms. The van der Waals surface area contributed by atoms with Gasteiger partial charge in [-0.2, -0.15) is 0 Å². The monoisotopic (exact) mass is 253 g/mol. The molecule has 1 atom stereocenters. The number of likely N-dealkylation sites (N-methyl/N-ethyl adjacent to an activating group) is 1. The molecule has 92 valence electrons. The fraction of sp³-hybridized carbons (Fsp3) is 0.417. The van der Waals surface area contributed by atoms with Crippen molar-refractivity contribution in [2.24, 2.45) is 0 Å². The van der Waals surface area contributed by atoms with E-state index in [1.807, 2.05) is 30.1 Å². The number of fused-ring (bicyclic) bond motifs is 1. The van der Waals surface area contributed by atoms with Crippen LogP contribution in [0.25, 0.3) is 11.0 Å². The second-order valence-corrected chi connectivity index (χ2v) is 4.60. The second kappa shape index (κ2) is 5.04. The molecule has 0 aliphatic heterocycles. The quantitative estimate of drug-likeness (QED) is 0.878. The molecule has 0 fully saturated rings. The van der Waals surface area contributed by atoms with Gasteiger partial charge in [0.05, 0.1) is 23.7 Å². The minimum Gasteiger partial charge on any atom is -0.395 e. The lowest BCUT2D eigenvalue weighted by Gasteiger charge is -2.21. The maximum Gasteiger partial charge on any atom is 0.124 e. The van der Waals surface area contributed by atoms with Crippen molar-refractivity contribution < 1.29 is 5.11 Å². The van der Waals surface area contributed by atoms with Crippen LogP contribution in [0.3, 0.4) is 0 Å². The van der Waals surface area contributed by atoms with Gasteiger partial charge in [-0.05, 0) is 32.2 Å². The zero-order valence-corrected chi connectivity index (χ0v) is 10.7. The molecule has 0 saturated heterocycles. The smallest absolute Gasteiger partial charge is 0.124 e. The SMILES string of the molecule is CC(c1nc2ccc(Cl)cc2[nH]1)N(C)CCO. The van der Waals surface area contributed by atoms with Crippen molar-refractivity contribution in [1.82, 2.24) is 14.9 Å². The number of rotatable bonds is 4. The number of hydrogen-bond acceptors (Lipinski definition) is 3. The van der Waals surface area contributed by atoms with E-state index in [0.717, 1.165) is 16.9 Å². The van der Waals surface area contributed by atoms with Gasteiger partial charge in [0, 0.05) is 11.6 Å². The third-order valence-electron chi connectivity index (χ3n) is 2.97. The highest BCUT2D eigenvalue weighted by Crippen LogP contribution is 2.21. The first-order valence-electron chi connectivity index (χ1n) is 5.58. The number of H-pyrrole nitrogens is 1. The topological polar surface area (TPSA) is 52.2 Å². The van der Waals surface area contributed by atoms with Crippen LogP contribution in [0.1, 0.15) is 18.8 Å². The van der Waals surface area contributed by atoms with Crippen molar-refractivity contribution in [2.45, 2.75) is 13.0 Å². The van der Waals surface area contributed by atoms with Crippen LogP contribution in [0, 0.1) is 0 Å². The number of benzene rings is 1. The van der Waals surface area contributed by atoms with Gasteiger partial charge in [0.2, 0.25) is 0 Å². The predicted molar refractivity (Wildman–Crippen MR) is 69.2 cm³/mol. The molecule has 0 aliphatic rings. The molecule has 2 rings (SSSR count). The molecule has 0 saturated carbocycles. The van der Waals surface area contributed by atoms with Crippen molar-refractivity contribution in [3.8, 4) is 0 Å². The molecule has 4 nitrogen and oxygen atoms in total. The van der Waals surface area contributed by atoms with Crippen LogP contribution in [0.5, 0.6) is 0 Å². The number of aromatic amines is 1. The molecule has 1 heterocycles. The zero-order valence-electron chi connectivity index (χ0n) is 9.94. The third kappa shape index (κ3) is 2.60. The number of halogens is 1. The van der Waals surface area contributed by atoms with Crippen LogP contribution in [-0.2, 0) is 0 Å². The molecule has 17 heavy (non-hydrogen) atoms. The molecule has 0 radical (unpaired) electrons. The van der Waals surface area contributed by atoms with E-state index in [9.17, 15) is 0 Å². The Labute approximate surface area is 105 Å². The number of hydrogen-bond donors (Lipinski definition) is 2. The van der Waals surface area contributed by atoms with E-state index in [1.54, 1.807) is 0 Å². The second-order valence-electron chi connectivity index (χ2n) is 4.16. The van der Waals surface area contributed by atoms with Gasteiger partial charge in [0.1, 0.15) is 5.82 Å². The summed E-state index contributed by atoms with van der Waals surface area (Å²) in [7, 11) is 1.96. The Bertz CT molecular complexity index is 511. The van der Waals surface area contributed by atoms with Crippen LogP contribution in [0.2, 0.25) is 5.02 Å². The summed E-state index contributed by atoms with van der Waals surface area (Å²) in [5.74, 6) is 0.887. The molecule has 5 heteroatoms. The average molecular weight is 254 g/mol. The van der Waals surface area contributed by atoms with Gasteiger partial charge in [-0.15, -0.1) is 0 Å². The molecule has 0 bridgehead atoms. The molecule has 0 amide bonds. The summed E-state index contributed by atoms with van der Waals surface area (Å²) in [6.07, 6.45) is 0. The lowest BCUT2D eigenvalue weighted by Crippen LogP contribution is -2.26. The Morgan fingerprint density at radius 1 is 1.53 bits per heavy atom. The molecular weight excluding hydrogens is 238 g/mol. The van der Waals surface area contributed by atoms with Crippen molar-refractivity contribution in [2.75, 3.05) is 20.2 Å². The maximum absolute atomic E-state index is 8.92. The van der Waals surface area contributed by atoms with Crippen LogP contribution in [0.4, 0.5) is 0 Å². The van der Waals surface area contributed by atoms with Crippen LogP contribution in [-0.4, -0.2) is 40.2 Å². The summed E-state index contributed by atoms with van der Waals surface area (Å²) in [5, 5.41) is 9.62. The predicted octanol–water partition coefficient (Wildman–Crippen LogP) is 2.20. The highest BCUT2D eigenvalue weighted by Gasteiger charge is 2.15. The Kier molecular flexibility index (Phi) is 3.66. The Morgan fingerprint density at radius 3 is 3.00 bits per heavy atom. The van der Waals surface area contributed by atoms with Crippen molar-refractivity contribution >= 4 is 22.6 Å². The van der Waals surface area contributed by atoms with E-state index in [1.165, 1.54) is 0 Å². The summed E-state index contributed by atoms with van der Waals surface area (Å²) in [4.78, 5) is 9.82. The fourth-order valence-electron chi connectivity index (χ4n) is 1.76. The van der Waals surface area contributed by atoms with E-state index in [-0.39, 0.29) is 12.6 Å². The van der Waals surface area contributed by atoms with E-state index >= 15 is 0 Å². The molecular formula is C12H16ClN3O. The number of aliphatic hydroxyl groups excluding tert-OH is 1. The van der Waals surface area contributed by atoms with Crippen LogP contribution in [0.15, 0.2) is 18.2 Å². The highest BCUT2D eigenvalue weighted by molar-refractivity contribution is 6.31. The van der Waals surface area contributed by atoms with Gasteiger partial charge in [-0.1, -0.05) is 11.6 Å². The maximum atomic E-state index is 8.92. The van der Waals surface area contributed by atoms with Crippen molar-refractivity contribution in [3.63, 3.8) is 0 Å². The standard InChI is InChI=1S/C12H16ClN3O/c1-8(16(2)5-6-17)12-14-10-4-3-9(13)7-11(10)15-12/h3-4,7-8,17H,5-6H2,1-2H3,(H,14,15). The Balaban J connectivity index is 2.29. The third-order valence-corrected chi connectivity index (χ3v) is 3.21. The Morgan fingerprint density at radius 2 is 2.29 bits per heavy atom. The van der Waals surface area contributed by atoms with E-state index in [4.69, 9.17) is 16.7 Å². The van der Waals surface area contributed by atoms with E-state index in [2.05, 4.69) is 16.9 Å². The first-order valence-corrected chi connectivity index (χ1v) is 5.96. The molecule has 1 aromatic carbocycles. The number of nitrogens with zero attached hydrogens (tertiary/aromatic N) is 2. The number of imidazole rings is 1. The zero-order chi connectivity index (χ0) is 12.4. The minimum atomic E-state index is 0.133. The largest absolute Gasteiger partial charge is 0.395 e. The van der Waals surface area contributed by atoms with E-state index in [0.29, 0.717) is 11.6 Å². The van der Waals surface area contributed by atoms with Crippen molar-refractivity contribution in [1.29, 1.82) is 0 Å². The molecule has 1 aromatic heterocycles. The van der Waals surface area contributed by atoms with Gasteiger partial charge in [-0.25, -0.2) is 4.98 Å². The number of aromatic nitrogens is 2. The van der Waals surface area contributed by atoms with Crippen molar-refractivity contribution in [3.05, 3.63) is 29.0 Å². The molecule has 2 aromatic rings. The molecule has 1 unspecified atom stereocenters. The lowest BCUT2D eigenvalue weighted by molar-refractivity contribution is 0.185. The first-order chi connectivity index (χ1) is 8.11. The van der Waals surface area contributed by atoms with Crippen LogP contribution < -0.4 is 0 Å². The van der Waals surface area contributed by atoms with E-state index < -0.39 is 0 Å². The number of nitrogens with one attached hydrogen (secondary N) is 1. The van der Waals surface area contributed by atoms with Gasteiger partial charge in [-0.3, -0.25) is 4.90 Å².